The van der Waals surface area contributed by atoms with Gasteiger partial charge in [-0.25, -0.2) is 4.79 Å². The lowest BCUT2D eigenvalue weighted by Crippen LogP contribution is -2.30. The number of esters is 1. The summed E-state index contributed by atoms with van der Waals surface area (Å²) in [5, 5.41) is 19.1. The Morgan fingerprint density at radius 1 is 1.53 bits per heavy atom. The number of hydrogen-bond acceptors (Lipinski definition) is 5. The lowest BCUT2D eigenvalue weighted by molar-refractivity contribution is -0.157. The third-order valence-corrected chi connectivity index (χ3v) is 2.07. The predicted molar refractivity (Wildman–Crippen MR) is 52.0 cm³/mol. The van der Waals surface area contributed by atoms with E-state index in [9.17, 15) is 15.0 Å². The van der Waals surface area contributed by atoms with Gasteiger partial charge < -0.3 is 14.9 Å². The Hall–Kier alpha value is -1.46. The van der Waals surface area contributed by atoms with Gasteiger partial charge in [0.25, 0.3) is 0 Å². The fraction of sp³-hybridized carbons (Fsp3) is 0.400. The molecule has 0 aliphatic carbocycles. The molecule has 0 saturated heterocycles. The number of rotatable bonds is 3. The van der Waals surface area contributed by atoms with Gasteiger partial charge in [-0.05, 0) is 18.6 Å². The maximum absolute atomic E-state index is 11.0. The third kappa shape index (κ3) is 2.51. The number of ether oxygens (including phenoxy) is 1. The van der Waals surface area contributed by atoms with Gasteiger partial charge in [0.1, 0.15) is 6.10 Å². The maximum Gasteiger partial charge on any atom is 0.337 e. The molecular weight excluding hydrogens is 198 g/mol. The van der Waals surface area contributed by atoms with Crippen molar-refractivity contribution in [2.75, 3.05) is 7.11 Å². The van der Waals surface area contributed by atoms with Crippen LogP contribution in [0.5, 0.6) is 0 Å². The zero-order chi connectivity index (χ0) is 11.4. The van der Waals surface area contributed by atoms with Crippen LogP contribution in [0.4, 0.5) is 0 Å². The van der Waals surface area contributed by atoms with Crippen LogP contribution in [0.15, 0.2) is 18.3 Å². The summed E-state index contributed by atoms with van der Waals surface area (Å²) in [4.78, 5) is 14.9. The molecule has 0 radical (unpaired) electrons. The van der Waals surface area contributed by atoms with Crippen molar-refractivity contribution in [2.24, 2.45) is 0 Å². The number of pyridine rings is 1. The van der Waals surface area contributed by atoms with Crippen LogP contribution in [-0.4, -0.2) is 34.4 Å². The van der Waals surface area contributed by atoms with Gasteiger partial charge in [0.15, 0.2) is 6.10 Å². The average Bonchev–Trinajstić information content (AvgIpc) is 2.26. The Balaban J connectivity index is 2.89. The Kier molecular flexibility index (Phi) is 3.76. The molecule has 0 bridgehead atoms. The van der Waals surface area contributed by atoms with Gasteiger partial charge in [-0.2, -0.15) is 0 Å². The largest absolute Gasteiger partial charge is 0.467 e. The summed E-state index contributed by atoms with van der Waals surface area (Å²) in [6, 6.07) is 3.44. The van der Waals surface area contributed by atoms with E-state index >= 15 is 0 Å². The van der Waals surface area contributed by atoms with E-state index in [4.69, 9.17) is 0 Å². The highest BCUT2D eigenvalue weighted by atomic mass is 16.5. The molecule has 5 nitrogen and oxygen atoms in total. The van der Waals surface area contributed by atoms with Crippen molar-refractivity contribution in [3.05, 3.63) is 29.6 Å². The van der Waals surface area contributed by atoms with Gasteiger partial charge in [0.05, 0.1) is 12.8 Å². The van der Waals surface area contributed by atoms with Crippen LogP contribution in [0.3, 0.4) is 0 Å². The monoisotopic (exact) mass is 211 g/mol. The van der Waals surface area contributed by atoms with E-state index in [1.54, 1.807) is 19.1 Å². The van der Waals surface area contributed by atoms with Crippen molar-refractivity contribution in [2.45, 2.75) is 19.1 Å². The second kappa shape index (κ2) is 4.86. The molecule has 1 aromatic heterocycles. The summed E-state index contributed by atoms with van der Waals surface area (Å²) < 4.78 is 4.32. The molecule has 2 N–H and O–H groups in total. The van der Waals surface area contributed by atoms with Gasteiger partial charge in [-0.3, -0.25) is 4.98 Å². The van der Waals surface area contributed by atoms with Crippen molar-refractivity contribution < 1.29 is 19.7 Å². The number of nitrogens with zero attached hydrogens (tertiary/aromatic N) is 1. The Labute approximate surface area is 87.3 Å². The first-order valence-electron chi connectivity index (χ1n) is 4.43. The van der Waals surface area contributed by atoms with Gasteiger partial charge in [-0.15, -0.1) is 0 Å². The van der Waals surface area contributed by atoms with Crippen molar-refractivity contribution >= 4 is 5.97 Å². The zero-order valence-corrected chi connectivity index (χ0v) is 8.54. The van der Waals surface area contributed by atoms with Crippen LogP contribution < -0.4 is 0 Å². The lowest BCUT2D eigenvalue weighted by atomic mass is 10.1. The first-order valence-corrected chi connectivity index (χ1v) is 4.43. The first kappa shape index (κ1) is 11.6. The fourth-order valence-corrected chi connectivity index (χ4v) is 1.21. The van der Waals surface area contributed by atoms with Crippen LogP contribution in [0, 0.1) is 6.92 Å². The average molecular weight is 211 g/mol. The molecule has 0 aliphatic heterocycles. The minimum absolute atomic E-state index is 0.274. The van der Waals surface area contributed by atoms with E-state index in [-0.39, 0.29) is 5.69 Å². The van der Waals surface area contributed by atoms with Gasteiger partial charge in [0, 0.05) is 6.20 Å². The highest BCUT2D eigenvalue weighted by molar-refractivity contribution is 5.75. The normalized spacial score (nSPS) is 14.4. The Morgan fingerprint density at radius 3 is 2.73 bits per heavy atom. The molecule has 2 atom stereocenters. The van der Waals surface area contributed by atoms with Gasteiger partial charge >= 0.3 is 5.97 Å². The van der Waals surface area contributed by atoms with E-state index in [2.05, 4.69) is 9.72 Å². The summed E-state index contributed by atoms with van der Waals surface area (Å²) in [6.07, 6.45) is -1.49. The highest BCUT2D eigenvalue weighted by Crippen LogP contribution is 2.18. The summed E-state index contributed by atoms with van der Waals surface area (Å²) in [5.41, 5.74) is 0.975. The SMILES string of the molecule is COC(=O)C(O)C(O)c1ncccc1C. The van der Waals surface area contributed by atoms with Crippen LogP contribution >= 0.6 is 0 Å². The number of methoxy groups -OCH3 is 1. The molecule has 1 aromatic rings. The Morgan fingerprint density at radius 2 is 2.20 bits per heavy atom. The molecule has 82 valence electrons. The fourth-order valence-electron chi connectivity index (χ4n) is 1.21. The number of aliphatic hydroxyl groups is 2. The van der Waals surface area contributed by atoms with Crippen molar-refractivity contribution in [1.29, 1.82) is 0 Å². The molecule has 0 fully saturated rings. The maximum atomic E-state index is 11.0. The van der Waals surface area contributed by atoms with Crippen LogP contribution in [0.1, 0.15) is 17.4 Å². The van der Waals surface area contributed by atoms with E-state index in [0.29, 0.717) is 5.56 Å². The van der Waals surface area contributed by atoms with Crippen molar-refractivity contribution in [3.8, 4) is 0 Å². The molecule has 0 saturated carbocycles. The number of carbonyl (C=O) groups excluding carboxylic acids is 1. The molecule has 0 spiro atoms. The quantitative estimate of drug-likeness (QED) is 0.685. The number of aryl methyl sites for hydroxylation is 1. The predicted octanol–water partition coefficient (Wildman–Crippen LogP) is -0.0427. The summed E-state index contributed by atoms with van der Waals surface area (Å²) in [6.45, 7) is 1.73. The minimum atomic E-state index is -1.61. The number of hydrogen-bond donors (Lipinski definition) is 2. The summed E-state index contributed by atoms with van der Waals surface area (Å²) >= 11 is 0. The summed E-state index contributed by atoms with van der Waals surface area (Å²) in [5.74, 6) is -0.882. The first-order chi connectivity index (χ1) is 7.07. The molecule has 2 unspecified atom stereocenters. The van der Waals surface area contributed by atoms with Crippen LogP contribution in [0.25, 0.3) is 0 Å². The Bertz CT molecular complexity index is 353. The minimum Gasteiger partial charge on any atom is -0.467 e. The third-order valence-electron chi connectivity index (χ3n) is 2.07. The molecule has 5 heteroatoms. The molecule has 0 aliphatic rings. The smallest absolute Gasteiger partial charge is 0.337 e. The van der Waals surface area contributed by atoms with E-state index < -0.39 is 18.2 Å². The van der Waals surface area contributed by atoms with Crippen molar-refractivity contribution in [1.82, 2.24) is 4.98 Å². The number of carbonyl (C=O) groups is 1. The van der Waals surface area contributed by atoms with E-state index in [1.165, 1.54) is 6.20 Å². The molecule has 0 amide bonds. The van der Waals surface area contributed by atoms with Gasteiger partial charge in [0.2, 0.25) is 0 Å². The second-order valence-electron chi connectivity index (χ2n) is 3.12. The topological polar surface area (TPSA) is 79.7 Å². The van der Waals surface area contributed by atoms with Crippen LogP contribution in [-0.2, 0) is 9.53 Å². The molecule has 1 heterocycles. The highest BCUT2D eigenvalue weighted by Gasteiger charge is 2.28. The molecule has 15 heavy (non-hydrogen) atoms. The number of aliphatic hydroxyl groups excluding tert-OH is 2. The van der Waals surface area contributed by atoms with E-state index in [0.717, 1.165) is 7.11 Å². The number of aromatic nitrogens is 1. The molecule has 1 rings (SSSR count). The summed E-state index contributed by atoms with van der Waals surface area (Å²) in [7, 11) is 1.14. The second-order valence-corrected chi connectivity index (χ2v) is 3.12. The van der Waals surface area contributed by atoms with Crippen molar-refractivity contribution in [3.63, 3.8) is 0 Å². The zero-order valence-electron chi connectivity index (χ0n) is 8.54. The van der Waals surface area contributed by atoms with Crippen LogP contribution in [0.2, 0.25) is 0 Å². The van der Waals surface area contributed by atoms with Gasteiger partial charge in [-0.1, -0.05) is 6.07 Å². The lowest BCUT2D eigenvalue weighted by Gasteiger charge is -2.16. The standard InChI is InChI=1S/C10H13NO4/c1-6-4-3-5-11-7(6)8(12)9(13)10(14)15-2/h3-5,8-9,12-13H,1-2H3. The van der Waals surface area contributed by atoms with E-state index in [1.807, 2.05) is 0 Å². The molecular formula is C10H13NO4. The molecule has 0 aromatic carbocycles.